The maximum atomic E-state index is 12.9. The van der Waals surface area contributed by atoms with Gasteiger partial charge in [-0.15, -0.1) is 10.2 Å². The van der Waals surface area contributed by atoms with Crippen molar-refractivity contribution in [2.24, 2.45) is 0 Å². The highest BCUT2D eigenvalue weighted by Gasteiger charge is 2.25. The van der Waals surface area contributed by atoms with Crippen LogP contribution in [0.15, 0.2) is 53.9 Å². The lowest BCUT2D eigenvalue weighted by Crippen LogP contribution is -2.42. The fourth-order valence-corrected chi connectivity index (χ4v) is 4.70. The lowest BCUT2D eigenvalue weighted by molar-refractivity contribution is -0.131. The molecule has 0 N–H and O–H groups in total. The number of carbonyl (C=O) groups excluding carboxylic acids is 1. The third-order valence-electron chi connectivity index (χ3n) is 5.43. The molecule has 4 rings (SSSR count). The number of aromatic nitrogens is 4. The molecule has 0 bridgehead atoms. The highest BCUT2D eigenvalue weighted by atomic mass is 32.2. The molecule has 0 saturated carbocycles. The summed E-state index contributed by atoms with van der Waals surface area (Å²) in [5, 5.41) is 9.55. The Balaban J connectivity index is 1.67. The molecular formula is C23H27N5O2S. The highest BCUT2D eigenvalue weighted by Crippen LogP contribution is 2.32. The molecule has 3 heterocycles. The van der Waals surface area contributed by atoms with Crippen molar-refractivity contribution in [3.63, 3.8) is 0 Å². The van der Waals surface area contributed by atoms with Gasteiger partial charge in [-0.3, -0.25) is 14.3 Å². The van der Waals surface area contributed by atoms with Gasteiger partial charge in [0, 0.05) is 30.5 Å². The third-order valence-corrected chi connectivity index (χ3v) is 6.34. The summed E-state index contributed by atoms with van der Waals surface area (Å²) in [5.74, 6) is 1.92. The number of amides is 1. The van der Waals surface area contributed by atoms with E-state index in [1.165, 1.54) is 18.2 Å². The smallest absolute Gasteiger partial charge is 0.233 e. The van der Waals surface area contributed by atoms with E-state index in [1.807, 2.05) is 52.8 Å². The van der Waals surface area contributed by atoms with Crippen molar-refractivity contribution in [2.75, 3.05) is 18.9 Å². The molecule has 8 heteroatoms. The van der Waals surface area contributed by atoms with Gasteiger partial charge in [0.25, 0.3) is 0 Å². The Morgan fingerprint density at radius 1 is 1.16 bits per heavy atom. The van der Waals surface area contributed by atoms with Crippen molar-refractivity contribution in [1.82, 2.24) is 24.6 Å². The second-order valence-electron chi connectivity index (χ2n) is 7.50. The van der Waals surface area contributed by atoms with Gasteiger partial charge in [-0.2, -0.15) is 0 Å². The van der Waals surface area contributed by atoms with Crippen LogP contribution in [0, 0.1) is 0 Å². The molecule has 2 aromatic heterocycles. The van der Waals surface area contributed by atoms with Crippen molar-refractivity contribution >= 4 is 17.7 Å². The summed E-state index contributed by atoms with van der Waals surface area (Å²) in [6, 6.07) is 11.9. The molecule has 1 atom stereocenters. The second-order valence-corrected chi connectivity index (χ2v) is 8.44. The number of piperidine rings is 1. The number of ether oxygens (including phenoxy) is 1. The average Bonchev–Trinajstić information content (AvgIpc) is 3.23. The molecule has 1 aliphatic heterocycles. The van der Waals surface area contributed by atoms with Crippen LogP contribution in [0.1, 0.15) is 33.1 Å². The van der Waals surface area contributed by atoms with Crippen LogP contribution in [0.2, 0.25) is 0 Å². The number of nitrogens with zero attached hydrogens (tertiary/aromatic N) is 5. The molecular weight excluding hydrogens is 410 g/mol. The summed E-state index contributed by atoms with van der Waals surface area (Å²) >= 11 is 1.41. The lowest BCUT2D eigenvalue weighted by atomic mass is 10.0. The Hall–Kier alpha value is -2.87. The largest absolute Gasteiger partial charge is 0.492 e. The Bertz CT molecular complexity index is 1020. The summed E-state index contributed by atoms with van der Waals surface area (Å²) in [6.45, 7) is 5.48. The van der Waals surface area contributed by atoms with Crippen LogP contribution < -0.4 is 4.74 Å². The summed E-state index contributed by atoms with van der Waals surface area (Å²) in [6.07, 6.45) is 6.80. The maximum absolute atomic E-state index is 12.9. The molecule has 162 valence electrons. The van der Waals surface area contributed by atoms with Gasteiger partial charge >= 0.3 is 0 Å². The zero-order chi connectivity index (χ0) is 21.6. The number of para-hydroxylation sites is 2. The molecule has 1 aliphatic rings. The van der Waals surface area contributed by atoms with Crippen molar-refractivity contribution in [3.8, 4) is 22.8 Å². The van der Waals surface area contributed by atoms with Crippen LogP contribution in [-0.4, -0.2) is 55.5 Å². The third kappa shape index (κ3) is 4.74. The van der Waals surface area contributed by atoms with E-state index in [0.717, 1.165) is 36.4 Å². The minimum atomic E-state index is 0.148. The minimum absolute atomic E-state index is 0.148. The predicted molar refractivity (Wildman–Crippen MR) is 122 cm³/mol. The molecule has 0 spiro atoms. The van der Waals surface area contributed by atoms with E-state index in [0.29, 0.717) is 29.4 Å². The Morgan fingerprint density at radius 2 is 1.97 bits per heavy atom. The minimum Gasteiger partial charge on any atom is -0.492 e. The molecule has 1 amide bonds. The first-order chi connectivity index (χ1) is 15.2. The standard InChI is InChI=1S/C23H27N5O2S/c1-3-30-20-10-5-4-9-19(20)28-22(18-11-13-24-14-12-18)25-26-23(28)31-16-21(29)27-15-7-6-8-17(27)2/h4-5,9-14,17H,3,6-8,15-16H2,1-2H3/t17-/m1/s1. The van der Waals surface area contributed by atoms with Gasteiger partial charge < -0.3 is 9.64 Å². The molecule has 31 heavy (non-hydrogen) atoms. The Labute approximate surface area is 186 Å². The zero-order valence-corrected chi connectivity index (χ0v) is 18.7. The van der Waals surface area contributed by atoms with Gasteiger partial charge in [0.15, 0.2) is 11.0 Å². The topological polar surface area (TPSA) is 73.1 Å². The number of thioether (sulfide) groups is 1. The SMILES string of the molecule is CCOc1ccccc1-n1c(SCC(=O)N2CCCC[C@H]2C)nnc1-c1ccncc1. The fraction of sp³-hybridized carbons (Fsp3) is 0.391. The van der Waals surface area contributed by atoms with Crippen LogP contribution in [-0.2, 0) is 4.79 Å². The fourth-order valence-electron chi connectivity index (χ4n) is 3.87. The normalized spacial score (nSPS) is 16.3. The number of carbonyl (C=O) groups is 1. The van der Waals surface area contributed by atoms with E-state index in [-0.39, 0.29) is 5.91 Å². The molecule has 1 fully saturated rings. The van der Waals surface area contributed by atoms with Gasteiger partial charge in [0.2, 0.25) is 5.91 Å². The molecule has 1 aromatic carbocycles. The average molecular weight is 438 g/mol. The molecule has 0 unspecified atom stereocenters. The van der Waals surface area contributed by atoms with Crippen LogP contribution in [0.4, 0.5) is 0 Å². The van der Waals surface area contributed by atoms with Gasteiger partial charge in [-0.1, -0.05) is 23.9 Å². The van der Waals surface area contributed by atoms with Gasteiger partial charge in [0.05, 0.1) is 18.0 Å². The number of hydrogen-bond acceptors (Lipinski definition) is 6. The van der Waals surface area contributed by atoms with Crippen LogP contribution in [0.3, 0.4) is 0 Å². The first-order valence-electron chi connectivity index (χ1n) is 10.7. The zero-order valence-electron chi connectivity index (χ0n) is 17.9. The summed E-state index contributed by atoms with van der Waals surface area (Å²) in [7, 11) is 0. The molecule has 3 aromatic rings. The summed E-state index contributed by atoms with van der Waals surface area (Å²) in [4.78, 5) is 19.0. The van der Waals surface area contributed by atoms with E-state index in [2.05, 4.69) is 22.1 Å². The van der Waals surface area contributed by atoms with Crippen LogP contribution in [0.25, 0.3) is 17.1 Å². The first kappa shape index (κ1) is 21.4. The number of rotatable bonds is 7. The van der Waals surface area contributed by atoms with Gasteiger partial charge in [-0.05, 0) is 57.4 Å². The molecule has 1 saturated heterocycles. The molecule has 7 nitrogen and oxygen atoms in total. The molecule has 0 aliphatic carbocycles. The lowest BCUT2D eigenvalue weighted by Gasteiger charge is -2.33. The van der Waals surface area contributed by atoms with Gasteiger partial charge in [-0.25, -0.2) is 0 Å². The van der Waals surface area contributed by atoms with Crippen molar-refractivity contribution in [1.29, 1.82) is 0 Å². The monoisotopic (exact) mass is 437 g/mol. The van der Waals surface area contributed by atoms with Crippen molar-refractivity contribution in [2.45, 2.75) is 44.3 Å². The maximum Gasteiger partial charge on any atom is 0.233 e. The van der Waals surface area contributed by atoms with E-state index in [4.69, 9.17) is 4.74 Å². The van der Waals surface area contributed by atoms with E-state index >= 15 is 0 Å². The number of likely N-dealkylation sites (tertiary alicyclic amines) is 1. The van der Waals surface area contributed by atoms with E-state index in [1.54, 1.807) is 12.4 Å². The Morgan fingerprint density at radius 3 is 2.74 bits per heavy atom. The van der Waals surface area contributed by atoms with Crippen LogP contribution >= 0.6 is 11.8 Å². The van der Waals surface area contributed by atoms with Crippen molar-refractivity contribution in [3.05, 3.63) is 48.8 Å². The summed E-state index contributed by atoms with van der Waals surface area (Å²) in [5.41, 5.74) is 1.75. The second kappa shape index (κ2) is 9.96. The summed E-state index contributed by atoms with van der Waals surface area (Å²) < 4.78 is 7.84. The predicted octanol–water partition coefficient (Wildman–Crippen LogP) is 4.22. The van der Waals surface area contributed by atoms with Gasteiger partial charge in [0.1, 0.15) is 5.75 Å². The van der Waals surface area contributed by atoms with E-state index < -0.39 is 0 Å². The highest BCUT2D eigenvalue weighted by molar-refractivity contribution is 7.99. The number of pyridine rings is 1. The quantitative estimate of drug-likeness (QED) is 0.515. The first-order valence-corrected chi connectivity index (χ1v) is 11.7. The van der Waals surface area contributed by atoms with Crippen molar-refractivity contribution < 1.29 is 9.53 Å². The Kier molecular flexibility index (Phi) is 6.86. The van der Waals surface area contributed by atoms with E-state index in [9.17, 15) is 4.79 Å². The molecule has 0 radical (unpaired) electrons. The number of hydrogen-bond donors (Lipinski definition) is 0. The number of benzene rings is 1. The van der Waals surface area contributed by atoms with Crippen LogP contribution in [0.5, 0.6) is 5.75 Å².